The molecule has 0 radical (unpaired) electrons. The Balaban J connectivity index is 1.94. The van der Waals surface area contributed by atoms with Crippen LogP contribution in [0.5, 0.6) is 0 Å². The molecular weight excluding hydrogens is 370 g/mol. The first-order valence-electron chi connectivity index (χ1n) is 11.6. The van der Waals surface area contributed by atoms with Gasteiger partial charge in [-0.3, -0.25) is 4.79 Å². The Bertz CT molecular complexity index is 1110. The van der Waals surface area contributed by atoms with E-state index < -0.39 is 0 Å². The van der Waals surface area contributed by atoms with E-state index >= 15 is 0 Å². The fourth-order valence-electron chi connectivity index (χ4n) is 5.15. The quantitative estimate of drug-likeness (QED) is 0.591. The van der Waals surface area contributed by atoms with Crippen molar-refractivity contribution in [1.82, 2.24) is 14.9 Å². The Morgan fingerprint density at radius 1 is 1.13 bits per heavy atom. The number of hydrogen-bond donors (Lipinski definition) is 2. The molecule has 1 aliphatic rings. The monoisotopic (exact) mass is 405 g/mol. The minimum absolute atomic E-state index is 0.150. The van der Waals surface area contributed by atoms with Crippen molar-refractivity contribution in [1.29, 1.82) is 0 Å². The van der Waals surface area contributed by atoms with Gasteiger partial charge in [-0.05, 0) is 87.4 Å². The molecule has 0 aliphatic carbocycles. The van der Waals surface area contributed by atoms with Crippen molar-refractivity contribution < 1.29 is 0 Å². The van der Waals surface area contributed by atoms with Crippen molar-refractivity contribution in [2.45, 2.75) is 72.3 Å². The molecule has 3 heterocycles. The Hall–Kier alpha value is -2.33. The lowest BCUT2D eigenvalue weighted by Crippen LogP contribution is -2.26. The lowest BCUT2D eigenvalue weighted by molar-refractivity contribution is 0.460. The van der Waals surface area contributed by atoms with Gasteiger partial charge in [0.2, 0.25) is 0 Å². The van der Waals surface area contributed by atoms with Crippen LogP contribution in [0.2, 0.25) is 0 Å². The number of fused-ring (bicyclic) bond motifs is 1. The standard InChI is InChI=1S/C26H35N3O/c1-6-18-14-21(17(5)29(7-2)26(18)30)25-24(16(3)4)22-15-20(8-9-23(22)28-25)19-10-12-27-13-11-19/h8-9,14-16,19,27-28H,6-7,10-13H2,1-5H3. The van der Waals surface area contributed by atoms with E-state index in [-0.39, 0.29) is 5.56 Å². The third-order valence-electron chi connectivity index (χ3n) is 6.85. The first kappa shape index (κ1) is 20.9. The predicted molar refractivity (Wildman–Crippen MR) is 127 cm³/mol. The van der Waals surface area contributed by atoms with Gasteiger partial charge in [-0.1, -0.05) is 26.8 Å². The fraction of sp³-hybridized carbons (Fsp3) is 0.500. The number of nitrogens with zero attached hydrogens (tertiary/aromatic N) is 1. The van der Waals surface area contributed by atoms with E-state index in [9.17, 15) is 4.79 Å². The number of hydrogen-bond acceptors (Lipinski definition) is 2. The van der Waals surface area contributed by atoms with Crippen molar-refractivity contribution in [2.24, 2.45) is 0 Å². The second-order valence-electron chi connectivity index (χ2n) is 8.97. The average molecular weight is 406 g/mol. The predicted octanol–water partition coefficient (Wildman–Crippen LogP) is 5.48. The summed E-state index contributed by atoms with van der Waals surface area (Å²) >= 11 is 0. The van der Waals surface area contributed by atoms with E-state index in [0.717, 1.165) is 36.3 Å². The molecule has 4 rings (SSSR count). The van der Waals surface area contributed by atoms with E-state index in [1.807, 2.05) is 4.57 Å². The van der Waals surface area contributed by atoms with Crippen LogP contribution in [0.25, 0.3) is 22.2 Å². The normalized spacial score (nSPS) is 15.4. The maximum Gasteiger partial charge on any atom is 0.253 e. The third-order valence-corrected chi connectivity index (χ3v) is 6.85. The van der Waals surface area contributed by atoms with E-state index in [1.165, 1.54) is 40.6 Å². The number of benzene rings is 1. The zero-order valence-corrected chi connectivity index (χ0v) is 19.1. The SMILES string of the molecule is CCc1cc(-c2[nH]c3ccc(C4CCNCC4)cc3c2C(C)C)c(C)n(CC)c1=O. The highest BCUT2D eigenvalue weighted by atomic mass is 16.1. The van der Waals surface area contributed by atoms with Crippen LogP contribution in [0, 0.1) is 6.92 Å². The first-order valence-corrected chi connectivity index (χ1v) is 11.6. The molecule has 0 unspecified atom stereocenters. The molecule has 2 N–H and O–H groups in total. The lowest BCUT2D eigenvalue weighted by Gasteiger charge is -2.23. The number of pyridine rings is 1. The van der Waals surface area contributed by atoms with E-state index in [1.54, 1.807) is 0 Å². The summed E-state index contributed by atoms with van der Waals surface area (Å²) in [7, 11) is 0. The molecule has 2 aromatic heterocycles. The van der Waals surface area contributed by atoms with Gasteiger partial charge in [-0.2, -0.15) is 0 Å². The summed E-state index contributed by atoms with van der Waals surface area (Å²) in [6.07, 6.45) is 3.17. The number of nitrogens with one attached hydrogen (secondary N) is 2. The second-order valence-corrected chi connectivity index (χ2v) is 8.97. The van der Waals surface area contributed by atoms with E-state index in [4.69, 9.17) is 0 Å². The van der Waals surface area contributed by atoms with Gasteiger partial charge in [0.25, 0.3) is 5.56 Å². The average Bonchev–Trinajstić information content (AvgIpc) is 3.13. The molecule has 0 spiro atoms. The van der Waals surface area contributed by atoms with E-state index in [2.05, 4.69) is 69.2 Å². The Morgan fingerprint density at radius 3 is 2.50 bits per heavy atom. The molecule has 160 valence electrons. The largest absolute Gasteiger partial charge is 0.354 e. The van der Waals surface area contributed by atoms with Gasteiger partial charge in [0.05, 0.1) is 5.69 Å². The van der Waals surface area contributed by atoms with Gasteiger partial charge >= 0.3 is 0 Å². The summed E-state index contributed by atoms with van der Waals surface area (Å²) in [5.74, 6) is 1.04. The molecule has 1 saturated heterocycles. The number of aryl methyl sites for hydroxylation is 1. The summed E-state index contributed by atoms with van der Waals surface area (Å²) in [6, 6.07) is 9.11. The molecule has 1 aliphatic heterocycles. The van der Waals surface area contributed by atoms with Crippen molar-refractivity contribution in [3.63, 3.8) is 0 Å². The van der Waals surface area contributed by atoms with E-state index in [0.29, 0.717) is 18.4 Å². The number of aromatic nitrogens is 2. The molecule has 4 nitrogen and oxygen atoms in total. The molecule has 0 amide bonds. The van der Waals surface area contributed by atoms with Crippen molar-refractivity contribution >= 4 is 10.9 Å². The third kappa shape index (κ3) is 3.51. The van der Waals surface area contributed by atoms with Gasteiger partial charge in [0.1, 0.15) is 0 Å². The number of aromatic amines is 1. The van der Waals surface area contributed by atoms with Gasteiger partial charge in [0.15, 0.2) is 0 Å². The topological polar surface area (TPSA) is 49.8 Å². The van der Waals surface area contributed by atoms with Gasteiger partial charge in [-0.25, -0.2) is 0 Å². The van der Waals surface area contributed by atoms with Crippen molar-refractivity contribution in [2.75, 3.05) is 13.1 Å². The molecule has 3 aromatic rings. The highest BCUT2D eigenvalue weighted by Crippen LogP contribution is 2.38. The van der Waals surface area contributed by atoms with Crippen LogP contribution >= 0.6 is 0 Å². The molecule has 0 bridgehead atoms. The number of H-pyrrole nitrogens is 1. The highest BCUT2D eigenvalue weighted by Gasteiger charge is 2.22. The Morgan fingerprint density at radius 2 is 1.87 bits per heavy atom. The van der Waals surface area contributed by atoms with Crippen LogP contribution in [0.4, 0.5) is 0 Å². The smallest absolute Gasteiger partial charge is 0.253 e. The Kier molecular flexibility index (Phi) is 5.88. The summed E-state index contributed by atoms with van der Waals surface area (Å²) in [5, 5.41) is 4.81. The first-order chi connectivity index (χ1) is 14.5. The van der Waals surface area contributed by atoms with Crippen LogP contribution in [0.15, 0.2) is 29.1 Å². The van der Waals surface area contributed by atoms with Gasteiger partial charge in [0, 0.05) is 34.3 Å². The highest BCUT2D eigenvalue weighted by molar-refractivity contribution is 5.92. The van der Waals surface area contributed by atoms with Crippen molar-refractivity contribution in [3.8, 4) is 11.3 Å². The fourth-order valence-corrected chi connectivity index (χ4v) is 5.15. The van der Waals surface area contributed by atoms with Crippen LogP contribution < -0.4 is 10.9 Å². The minimum Gasteiger partial charge on any atom is -0.354 e. The van der Waals surface area contributed by atoms with Crippen LogP contribution in [-0.4, -0.2) is 22.6 Å². The number of piperidine rings is 1. The summed E-state index contributed by atoms with van der Waals surface area (Å²) in [6.45, 7) is 13.7. The maximum absolute atomic E-state index is 12.8. The summed E-state index contributed by atoms with van der Waals surface area (Å²) in [4.78, 5) is 16.5. The van der Waals surface area contributed by atoms with Gasteiger partial charge in [-0.15, -0.1) is 0 Å². The van der Waals surface area contributed by atoms with Crippen LogP contribution in [0.3, 0.4) is 0 Å². The minimum atomic E-state index is 0.150. The van der Waals surface area contributed by atoms with Crippen molar-refractivity contribution in [3.05, 3.63) is 57.0 Å². The zero-order valence-electron chi connectivity index (χ0n) is 19.1. The molecule has 30 heavy (non-hydrogen) atoms. The lowest BCUT2D eigenvalue weighted by atomic mass is 9.88. The zero-order chi connectivity index (χ0) is 21.4. The van der Waals surface area contributed by atoms with Crippen LogP contribution in [-0.2, 0) is 13.0 Å². The molecule has 1 aromatic carbocycles. The summed E-state index contributed by atoms with van der Waals surface area (Å²) in [5.41, 5.74) is 8.45. The number of rotatable bonds is 5. The van der Waals surface area contributed by atoms with Gasteiger partial charge < -0.3 is 14.9 Å². The van der Waals surface area contributed by atoms with Crippen LogP contribution in [0.1, 0.15) is 74.8 Å². The molecular formula is C26H35N3O. The molecule has 0 atom stereocenters. The molecule has 1 fully saturated rings. The molecule has 4 heteroatoms. The second kappa shape index (κ2) is 8.43. The molecule has 0 saturated carbocycles. The summed E-state index contributed by atoms with van der Waals surface area (Å²) < 4.78 is 1.92. The Labute approximate surface area is 179 Å². The maximum atomic E-state index is 12.8.